The summed E-state index contributed by atoms with van der Waals surface area (Å²) in [4.78, 5) is 20.2. The van der Waals surface area contributed by atoms with Gasteiger partial charge in [-0.15, -0.1) is 0 Å². The third-order valence-corrected chi connectivity index (χ3v) is 6.22. The van der Waals surface area contributed by atoms with E-state index in [1.165, 1.54) is 30.5 Å². The lowest BCUT2D eigenvalue weighted by atomic mass is 10.0. The summed E-state index contributed by atoms with van der Waals surface area (Å²) < 4.78 is 5.46. The molecule has 2 heterocycles. The summed E-state index contributed by atoms with van der Waals surface area (Å²) >= 11 is 0. The van der Waals surface area contributed by atoms with Crippen LogP contribution >= 0.6 is 0 Å². The second kappa shape index (κ2) is 10.1. The third kappa shape index (κ3) is 4.85. The largest absolute Gasteiger partial charge is 0.378 e. The average molecular weight is 408 g/mol. The summed E-state index contributed by atoms with van der Waals surface area (Å²) in [6, 6.07) is 18.6. The molecule has 160 valence electrons. The minimum Gasteiger partial charge on any atom is -0.378 e. The van der Waals surface area contributed by atoms with Gasteiger partial charge in [0.25, 0.3) is 0 Å². The second-order valence-corrected chi connectivity index (χ2v) is 8.34. The molecule has 4 rings (SSSR count). The van der Waals surface area contributed by atoms with Gasteiger partial charge in [-0.2, -0.15) is 0 Å². The fourth-order valence-electron chi connectivity index (χ4n) is 4.63. The molecular weight excluding hydrogens is 374 g/mol. The molecule has 0 radical (unpaired) electrons. The standard InChI is InChI=1S/C25H33N3O2/c1-26(20-22-12-6-7-13-23(22)27-14-8-3-9-15-27)24(21-10-4-2-5-11-21)25(29)28-16-18-30-19-17-28/h2,4-7,10-13,24H,3,8-9,14-20H2,1H3/t24-/m1/s1. The van der Waals surface area contributed by atoms with Gasteiger partial charge in [-0.05, 0) is 43.5 Å². The van der Waals surface area contributed by atoms with Crippen LogP contribution in [0.4, 0.5) is 5.69 Å². The number of carbonyl (C=O) groups is 1. The van der Waals surface area contributed by atoms with Crippen LogP contribution in [0.5, 0.6) is 0 Å². The van der Waals surface area contributed by atoms with Gasteiger partial charge >= 0.3 is 0 Å². The number of morpholine rings is 1. The molecule has 0 saturated carbocycles. The van der Waals surface area contributed by atoms with E-state index in [4.69, 9.17) is 4.74 Å². The zero-order chi connectivity index (χ0) is 20.8. The molecule has 0 bridgehead atoms. The van der Waals surface area contributed by atoms with E-state index in [1.807, 2.05) is 23.1 Å². The predicted molar refractivity (Wildman–Crippen MR) is 121 cm³/mol. The molecule has 2 fully saturated rings. The zero-order valence-electron chi connectivity index (χ0n) is 18.0. The number of ether oxygens (including phenoxy) is 1. The van der Waals surface area contributed by atoms with Crippen LogP contribution in [0.3, 0.4) is 0 Å². The summed E-state index contributed by atoms with van der Waals surface area (Å²) in [5.74, 6) is 0.169. The Balaban J connectivity index is 1.58. The maximum atomic E-state index is 13.5. The minimum absolute atomic E-state index is 0.169. The van der Waals surface area contributed by atoms with Gasteiger partial charge in [-0.3, -0.25) is 9.69 Å². The molecule has 30 heavy (non-hydrogen) atoms. The highest BCUT2D eigenvalue weighted by Gasteiger charge is 2.31. The van der Waals surface area contributed by atoms with Crippen LogP contribution in [0.1, 0.15) is 36.4 Å². The van der Waals surface area contributed by atoms with Crippen LogP contribution in [0.25, 0.3) is 0 Å². The maximum absolute atomic E-state index is 13.5. The SMILES string of the molecule is CN(Cc1ccccc1N1CCCCC1)[C@@H](C(=O)N1CCOCC1)c1ccccc1. The molecular formula is C25H33N3O2. The van der Waals surface area contributed by atoms with Gasteiger partial charge in [-0.1, -0.05) is 48.5 Å². The molecule has 1 atom stereocenters. The molecule has 0 aliphatic carbocycles. The van der Waals surface area contributed by atoms with Gasteiger partial charge < -0.3 is 14.5 Å². The molecule has 5 nitrogen and oxygen atoms in total. The number of carbonyl (C=O) groups excluding carboxylic acids is 1. The van der Waals surface area contributed by atoms with Gasteiger partial charge in [0.15, 0.2) is 0 Å². The Morgan fingerprint density at radius 1 is 0.933 bits per heavy atom. The van der Waals surface area contributed by atoms with Crippen LogP contribution in [0.2, 0.25) is 0 Å². The molecule has 2 saturated heterocycles. The van der Waals surface area contributed by atoms with Gasteiger partial charge in [-0.25, -0.2) is 0 Å². The van der Waals surface area contributed by atoms with E-state index in [9.17, 15) is 4.79 Å². The van der Waals surface area contributed by atoms with Crippen molar-refractivity contribution in [1.82, 2.24) is 9.80 Å². The number of piperidine rings is 1. The summed E-state index contributed by atoms with van der Waals surface area (Å²) in [5.41, 5.74) is 3.65. The van der Waals surface area contributed by atoms with Crippen molar-refractivity contribution in [3.63, 3.8) is 0 Å². The van der Waals surface area contributed by atoms with E-state index in [-0.39, 0.29) is 11.9 Å². The first-order valence-corrected chi connectivity index (χ1v) is 11.2. The molecule has 0 unspecified atom stereocenters. The third-order valence-electron chi connectivity index (χ3n) is 6.22. The van der Waals surface area contributed by atoms with Crippen molar-refractivity contribution in [2.75, 3.05) is 51.3 Å². The van der Waals surface area contributed by atoms with Crippen LogP contribution in [0, 0.1) is 0 Å². The molecule has 2 aromatic carbocycles. The Morgan fingerprint density at radius 3 is 2.33 bits per heavy atom. The van der Waals surface area contributed by atoms with Gasteiger partial charge in [0.1, 0.15) is 6.04 Å². The van der Waals surface area contributed by atoms with Crippen molar-refractivity contribution in [3.05, 3.63) is 65.7 Å². The number of benzene rings is 2. The summed E-state index contributed by atoms with van der Waals surface area (Å²) in [6.07, 6.45) is 3.83. The lowest BCUT2D eigenvalue weighted by Crippen LogP contribution is -2.46. The van der Waals surface area contributed by atoms with Crippen LogP contribution in [-0.2, 0) is 16.1 Å². The van der Waals surface area contributed by atoms with Crippen molar-refractivity contribution < 1.29 is 9.53 Å². The average Bonchev–Trinajstić information content (AvgIpc) is 2.81. The zero-order valence-corrected chi connectivity index (χ0v) is 18.0. The summed E-state index contributed by atoms with van der Waals surface area (Å²) in [5, 5.41) is 0. The number of hydrogen-bond acceptors (Lipinski definition) is 4. The normalized spacial score (nSPS) is 18.5. The number of anilines is 1. The number of amides is 1. The summed E-state index contributed by atoms with van der Waals surface area (Å²) in [7, 11) is 2.07. The number of hydrogen-bond donors (Lipinski definition) is 0. The van der Waals surface area contributed by atoms with Crippen molar-refractivity contribution in [1.29, 1.82) is 0 Å². The first-order valence-electron chi connectivity index (χ1n) is 11.2. The van der Waals surface area contributed by atoms with Crippen molar-refractivity contribution in [2.24, 2.45) is 0 Å². The predicted octanol–water partition coefficient (Wildman–Crippen LogP) is 3.71. The highest BCUT2D eigenvalue weighted by Crippen LogP contribution is 2.29. The van der Waals surface area contributed by atoms with Gasteiger partial charge in [0.2, 0.25) is 5.91 Å². The fraction of sp³-hybridized carbons (Fsp3) is 0.480. The minimum atomic E-state index is -0.293. The van der Waals surface area contributed by atoms with Gasteiger partial charge in [0.05, 0.1) is 13.2 Å². The number of likely N-dealkylation sites (N-methyl/N-ethyl adjacent to an activating group) is 1. The second-order valence-electron chi connectivity index (χ2n) is 8.34. The van der Waals surface area contributed by atoms with E-state index in [1.54, 1.807) is 0 Å². The maximum Gasteiger partial charge on any atom is 0.244 e. The first-order chi connectivity index (χ1) is 14.7. The molecule has 2 aliphatic rings. The van der Waals surface area contributed by atoms with Crippen LogP contribution in [-0.4, -0.2) is 62.1 Å². The molecule has 5 heteroatoms. The number of para-hydroxylation sites is 1. The lowest BCUT2D eigenvalue weighted by molar-refractivity contribution is -0.141. The highest BCUT2D eigenvalue weighted by molar-refractivity contribution is 5.83. The van der Waals surface area contributed by atoms with Crippen molar-refractivity contribution >= 4 is 11.6 Å². The Morgan fingerprint density at radius 2 is 1.60 bits per heavy atom. The molecule has 0 spiro atoms. The van der Waals surface area contributed by atoms with Crippen LogP contribution in [0.15, 0.2) is 54.6 Å². The van der Waals surface area contributed by atoms with E-state index in [0.29, 0.717) is 26.3 Å². The Bertz CT molecular complexity index is 814. The number of nitrogens with zero attached hydrogens (tertiary/aromatic N) is 3. The fourth-order valence-corrected chi connectivity index (χ4v) is 4.63. The van der Waals surface area contributed by atoms with Crippen molar-refractivity contribution in [2.45, 2.75) is 31.8 Å². The highest BCUT2D eigenvalue weighted by atomic mass is 16.5. The smallest absolute Gasteiger partial charge is 0.244 e. The molecule has 1 amide bonds. The van der Waals surface area contributed by atoms with Crippen LogP contribution < -0.4 is 4.90 Å². The summed E-state index contributed by atoms with van der Waals surface area (Å²) in [6.45, 7) is 5.55. The molecule has 0 aromatic heterocycles. The first kappa shape index (κ1) is 20.9. The Labute approximate surface area is 180 Å². The Kier molecular flexibility index (Phi) is 7.03. The Hall–Kier alpha value is -2.37. The molecule has 2 aliphatic heterocycles. The monoisotopic (exact) mass is 407 g/mol. The lowest BCUT2D eigenvalue weighted by Gasteiger charge is -2.36. The molecule has 2 aromatic rings. The number of rotatable bonds is 6. The quantitative estimate of drug-likeness (QED) is 0.731. The molecule has 0 N–H and O–H groups in total. The van der Waals surface area contributed by atoms with Gasteiger partial charge in [0, 0.05) is 38.4 Å². The topological polar surface area (TPSA) is 36.0 Å². The van der Waals surface area contributed by atoms with E-state index in [0.717, 1.165) is 25.2 Å². The van der Waals surface area contributed by atoms with Crippen molar-refractivity contribution in [3.8, 4) is 0 Å². The van der Waals surface area contributed by atoms with E-state index in [2.05, 4.69) is 53.2 Å². The van der Waals surface area contributed by atoms with E-state index >= 15 is 0 Å². The van der Waals surface area contributed by atoms with E-state index < -0.39 is 0 Å².